The van der Waals surface area contributed by atoms with Crippen LogP contribution in [-0.2, 0) is 0 Å². The second-order valence-corrected chi connectivity index (χ2v) is 5.85. The summed E-state index contributed by atoms with van der Waals surface area (Å²) in [6.07, 6.45) is 0. The number of halogens is 1. The molecular weight excluding hydrogens is 249 g/mol. The van der Waals surface area contributed by atoms with Crippen molar-refractivity contribution in [2.75, 3.05) is 0 Å². The van der Waals surface area contributed by atoms with Crippen LogP contribution in [-0.4, -0.2) is 11.9 Å². The Morgan fingerprint density at radius 1 is 1.33 bits per heavy atom. The molecule has 1 unspecified atom stereocenters. The van der Waals surface area contributed by atoms with E-state index in [0.717, 1.165) is 4.70 Å². The number of thiophene rings is 1. The minimum Gasteiger partial charge on any atom is -0.349 e. The fraction of sp³-hybridized carbons (Fsp3) is 0.357. The minimum absolute atomic E-state index is 0.104. The maximum absolute atomic E-state index is 13.5. The first-order valence-corrected chi connectivity index (χ1v) is 6.79. The Morgan fingerprint density at radius 3 is 2.67 bits per heavy atom. The fourth-order valence-electron chi connectivity index (χ4n) is 1.58. The molecule has 1 aromatic carbocycles. The van der Waals surface area contributed by atoms with Crippen molar-refractivity contribution in [1.29, 1.82) is 0 Å². The SMILES string of the molecule is CC(C)C(C)NC(=O)c1cc2c(F)cccc2s1. The van der Waals surface area contributed by atoms with Crippen LogP contribution in [0.4, 0.5) is 4.39 Å². The molecule has 1 heterocycles. The zero-order valence-electron chi connectivity index (χ0n) is 10.7. The number of rotatable bonds is 3. The maximum Gasteiger partial charge on any atom is 0.261 e. The molecule has 0 aliphatic carbocycles. The van der Waals surface area contributed by atoms with Gasteiger partial charge < -0.3 is 5.32 Å². The van der Waals surface area contributed by atoms with Crippen molar-refractivity contribution < 1.29 is 9.18 Å². The van der Waals surface area contributed by atoms with Crippen LogP contribution in [0.2, 0.25) is 0 Å². The number of carbonyl (C=O) groups is 1. The quantitative estimate of drug-likeness (QED) is 0.898. The zero-order valence-corrected chi connectivity index (χ0v) is 11.5. The van der Waals surface area contributed by atoms with Crippen molar-refractivity contribution in [3.05, 3.63) is 35.0 Å². The number of amides is 1. The van der Waals surface area contributed by atoms with E-state index in [0.29, 0.717) is 16.2 Å². The summed E-state index contributed by atoms with van der Waals surface area (Å²) in [6, 6.07) is 6.62. The van der Waals surface area contributed by atoms with Gasteiger partial charge in [0.2, 0.25) is 0 Å². The van der Waals surface area contributed by atoms with Gasteiger partial charge in [0, 0.05) is 16.1 Å². The lowest BCUT2D eigenvalue weighted by Crippen LogP contribution is -2.35. The Labute approximate surface area is 110 Å². The van der Waals surface area contributed by atoms with Crippen molar-refractivity contribution in [2.24, 2.45) is 5.92 Å². The van der Waals surface area contributed by atoms with Crippen LogP contribution >= 0.6 is 11.3 Å². The normalized spacial score (nSPS) is 12.9. The molecule has 1 amide bonds. The summed E-state index contributed by atoms with van der Waals surface area (Å²) in [5.74, 6) is -0.0310. The molecule has 0 bridgehead atoms. The van der Waals surface area contributed by atoms with Gasteiger partial charge in [0.05, 0.1) is 4.88 Å². The Hall–Kier alpha value is -1.42. The monoisotopic (exact) mass is 265 g/mol. The third kappa shape index (κ3) is 2.53. The number of nitrogens with one attached hydrogen (secondary N) is 1. The predicted molar refractivity (Wildman–Crippen MR) is 73.5 cm³/mol. The third-order valence-corrected chi connectivity index (χ3v) is 4.19. The highest BCUT2D eigenvalue weighted by molar-refractivity contribution is 7.20. The molecule has 96 valence electrons. The van der Waals surface area contributed by atoms with Crippen LogP contribution in [0.25, 0.3) is 10.1 Å². The molecule has 0 radical (unpaired) electrons. The van der Waals surface area contributed by atoms with Gasteiger partial charge >= 0.3 is 0 Å². The molecule has 2 aromatic rings. The molecular formula is C14H16FNOS. The van der Waals surface area contributed by atoms with Crippen LogP contribution in [0.5, 0.6) is 0 Å². The Kier molecular flexibility index (Phi) is 3.66. The van der Waals surface area contributed by atoms with Crippen LogP contribution < -0.4 is 5.32 Å². The molecule has 1 atom stereocenters. The summed E-state index contributed by atoms with van der Waals surface area (Å²) < 4.78 is 14.3. The molecule has 1 N–H and O–H groups in total. The number of carbonyl (C=O) groups excluding carboxylic acids is 1. The van der Waals surface area contributed by atoms with E-state index in [1.807, 2.05) is 13.0 Å². The van der Waals surface area contributed by atoms with Gasteiger partial charge in [-0.25, -0.2) is 4.39 Å². The van der Waals surface area contributed by atoms with Crippen LogP contribution in [0.3, 0.4) is 0 Å². The second kappa shape index (κ2) is 5.06. The molecule has 0 spiro atoms. The van der Waals surface area contributed by atoms with Gasteiger partial charge in [0.25, 0.3) is 5.91 Å². The van der Waals surface area contributed by atoms with Crippen molar-refractivity contribution in [3.63, 3.8) is 0 Å². The standard InChI is InChI=1S/C14H16FNOS/c1-8(2)9(3)16-14(17)13-7-10-11(15)5-4-6-12(10)18-13/h4-9H,1-3H3,(H,16,17). The maximum atomic E-state index is 13.5. The fourth-order valence-corrected chi connectivity index (χ4v) is 2.56. The zero-order chi connectivity index (χ0) is 13.3. The van der Waals surface area contributed by atoms with E-state index in [2.05, 4.69) is 19.2 Å². The molecule has 0 aliphatic heterocycles. The highest BCUT2D eigenvalue weighted by Crippen LogP contribution is 2.27. The lowest BCUT2D eigenvalue weighted by molar-refractivity contribution is 0.0934. The molecule has 4 heteroatoms. The summed E-state index contributed by atoms with van der Waals surface area (Å²) in [5.41, 5.74) is 0. The smallest absolute Gasteiger partial charge is 0.261 e. The summed E-state index contributed by atoms with van der Waals surface area (Å²) in [6.45, 7) is 6.07. The van der Waals surface area contributed by atoms with Gasteiger partial charge in [-0.2, -0.15) is 0 Å². The Morgan fingerprint density at radius 2 is 2.06 bits per heavy atom. The molecule has 0 fully saturated rings. The van der Waals surface area contributed by atoms with Gasteiger partial charge in [0.1, 0.15) is 5.82 Å². The lowest BCUT2D eigenvalue weighted by Gasteiger charge is -2.16. The average Bonchev–Trinajstić information content (AvgIpc) is 2.74. The molecule has 1 aromatic heterocycles. The molecule has 2 rings (SSSR count). The molecule has 0 aliphatic rings. The van der Waals surface area contributed by atoms with E-state index in [-0.39, 0.29) is 17.8 Å². The topological polar surface area (TPSA) is 29.1 Å². The molecule has 18 heavy (non-hydrogen) atoms. The Balaban J connectivity index is 2.26. The Bertz CT molecular complexity index is 576. The average molecular weight is 265 g/mol. The third-order valence-electron chi connectivity index (χ3n) is 3.09. The predicted octanol–water partition coefficient (Wildman–Crippen LogP) is 3.81. The first-order chi connectivity index (χ1) is 8.49. The highest BCUT2D eigenvalue weighted by Gasteiger charge is 2.15. The van der Waals surface area contributed by atoms with E-state index in [4.69, 9.17) is 0 Å². The number of fused-ring (bicyclic) bond motifs is 1. The largest absolute Gasteiger partial charge is 0.349 e. The molecule has 0 saturated heterocycles. The van der Waals surface area contributed by atoms with Gasteiger partial charge in [-0.1, -0.05) is 19.9 Å². The summed E-state index contributed by atoms with van der Waals surface area (Å²) in [5, 5.41) is 3.44. The van der Waals surface area contributed by atoms with Crippen LogP contribution in [0.1, 0.15) is 30.4 Å². The second-order valence-electron chi connectivity index (χ2n) is 4.77. The van der Waals surface area contributed by atoms with Crippen molar-refractivity contribution in [2.45, 2.75) is 26.8 Å². The van der Waals surface area contributed by atoms with Gasteiger partial charge in [-0.05, 0) is 31.0 Å². The summed E-state index contributed by atoms with van der Waals surface area (Å²) >= 11 is 1.32. The van der Waals surface area contributed by atoms with Crippen molar-refractivity contribution >= 4 is 27.3 Å². The van der Waals surface area contributed by atoms with E-state index in [1.165, 1.54) is 17.4 Å². The molecule has 2 nitrogen and oxygen atoms in total. The summed E-state index contributed by atoms with van der Waals surface area (Å²) in [4.78, 5) is 12.6. The van der Waals surface area contributed by atoms with Crippen molar-refractivity contribution in [1.82, 2.24) is 5.32 Å². The van der Waals surface area contributed by atoms with E-state index in [9.17, 15) is 9.18 Å². The van der Waals surface area contributed by atoms with Crippen LogP contribution in [0, 0.1) is 11.7 Å². The summed E-state index contributed by atoms with van der Waals surface area (Å²) in [7, 11) is 0. The minimum atomic E-state index is -0.278. The number of hydrogen-bond donors (Lipinski definition) is 1. The lowest BCUT2D eigenvalue weighted by atomic mass is 10.1. The first kappa shape index (κ1) is 13.0. The molecule has 0 saturated carbocycles. The van der Waals surface area contributed by atoms with E-state index in [1.54, 1.807) is 12.1 Å². The number of hydrogen-bond acceptors (Lipinski definition) is 2. The van der Waals surface area contributed by atoms with Gasteiger partial charge in [0.15, 0.2) is 0 Å². The first-order valence-electron chi connectivity index (χ1n) is 5.98. The van der Waals surface area contributed by atoms with E-state index < -0.39 is 0 Å². The van der Waals surface area contributed by atoms with Crippen molar-refractivity contribution in [3.8, 4) is 0 Å². The van der Waals surface area contributed by atoms with Gasteiger partial charge in [-0.15, -0.1) is 11.3 Å². The highest BCUT2D eigenvalue weighted by atomic mass is 32.1. The van der Waals surface area contributed by atoms with Crippen LogP contribution in [0.15, 0.2) is 24.3 Å². The van der Waals surface area contributed by atoms with Gasteiger partial charge in [-0.3, -0.25) is 4.79 Å². The number of benzene rings is 1. The van der Waals surface area contributed by atoms with E-state index >= 15 is 0 Å².